The van der Waals surface area contributed by atoms with E-state index >= 15 is 0 Å². The first-order valence-electron chi connectivity index (χ1n) is 5.80. The molecular formula is C13H15FN4. The Morgan fingerprint density at radius 3 is 2.78 bits per heavy atom. The molecule has 2 rings (SSSR count). The molecule has 2 aromatic rings. The molecule has 0 amide bonds. The van der Waals surface area contributed by atoms with Gasteiger partial charge in [-0.15, -0.1) is 0 Å². The fourth-order valence-electron chi connectivity index (χ4n) is 1.69. The number of nitrogens with zero attached hydrogens (tertiary/aromatic N) is 2. The Bertz CT molecular complexity index is 542. The number of benzene rings is 1. The zero-order valence-electron chi connectivity index (χ0n) is 10.2. The molecule has 3 N–H and O–H groups in total. The third-order valence-corrected chi connectivity index (χ3v) is 2.69. The van der Waals surface area contributed by atoms with Gasteiger partial charge in [-0.2, -0.15) is 0 Å². The number of halogens is 1. The number of hydrogen-bond donors (Lipinski definition) is 2. The minimum absolute atomic E-state index is 0.183. The first-order valence-corrected chi connectivity index (χ1v) is 5.80. The van der Waals surface area contributed by atoms with Gasteiger partial charge in [0.15, 0.2) is 11.6 Å². The molecule has 0 unspecified atom stereocenters. The van der Waals surface area contributed by atoms with Crippen molar-refractivity contribution >= 4 is 11.5 Å². The SMILES string of the molecule is CCc1ncnc(Nc2ccccc2CN)c1F. The van der Waals surface area contributed by atoms with Crippen LogP contribution in [0.3, 0.4) is 0 Å². The zero-order valence-corrected chi connectivity index (χ0v) is 10.2. The van der Waals surface area contributed by atoms with Gasteiger partial charge in [0.25, 0.3) is 0 Å². The molecule has 0 atom stereocenters. The van der Waals surface area contributed by atoms with Crippen LogP contribution in [0.2, 0.25) is 0 Å². The van der Waals surface area contributed by atoms with Crippen LogP contribution in [0.25, 0.3) is 0 Å². The standard InChI is InChI=1S/C13H15FN4/c1-2-10-12(14)13(17-8-16-10)18-11-6-4-3-5-9(11)7-15/h3-6,8H,2,7,15H2,1H3,(H,16,17,18). The summed E-state index contributed by atoms with van der Waals surface area (Å²) in [5.74, 6) is -0.227. The van der Waals surface area contributed by atoms with Crippen molar-refractivity contribution in [3.8, 4) is 0 Å². The molecule has 0 bridgehead atoms. The maximum Gasteiger partial charge on any atom is 0.187 e. The summed E-state index contributed by atoms with van der Waals surface area (Å²) in [6, 6.07) is 7.49. The molecule has 5 heteroatoms. The van der Waals surface area contributed by atoms with Crippen molar-refractivity contribution in [1.29, 1.82) is 0 Å². The number of rotatable bonds is 4. The van der Waals surface area contributed by atoms with Gasteiger partial charge in [-0.3, -0.25) is 0 Å². The summed E-state index contributed by atoms with van der Waals surface area (Å²) in [5, 5.41) is 2.96. The second-order valence-electron chi connectivity index (χ2n) is 3.82. The fourth-order valence-corrected chi connectivity index (χ4v) is 1.69. The smallest absolute Gasteiger partial charge is 0.187 e. The zero-order chi connectivity index (χ0) is 13.0. The Kier molecular flexibility index (Phi) is 3.84. The summed E-state index contributed by atoms with van der Waals surface area (Å²) in [7, 11) is 0. The Morgan fingerprint density at radius 2 is 2.06 bits per heavy atom. The van der Waals surface area contributed by atoms with Gasteiger partial charge in [0, 0.05) is 12.2 Å². The predicted octanol–water partition coefficient (Wildman–Crippen LogP) is 2.38. The molecule has 94 valence electrons. The molecule has 0 saturated carbocycles. The molecule has 0 aliphatic carbocycles. The van der Waals surface area contributed by atoms with Crippen LogP contribution in [0.4, 0.5) is 15.9 Å². The molecular weight excluding hydrogens is 231 g/mol. The average molecular weight is 246 g/mol. The molecule has 0 fully saturated rings. The number of para-hydroxylation sites is 1. The molecule has 0 saturated heterocycles. The van der Waals surface area contributed by atoms with Gasteiger partial charge in [-0.1, -0.05) is 25.1 Å². The second-order valence-corrected chi connectivity index (χ2v) is 3.82. The lowest BCUT2D eigenvalue weighted by molar-refractivity contribution is 0.598. The van der Waals surface area contributed by atoms with Gasteiger partial charge in [0.1, 0.15) is 6.33 Å². The summed E-state index contributed by atoms with van der Waals surface area (Å²) >= 11 is 0. The molecule has 1 aromatic carbocycles. The van der Waals surface area contributed by atoms with Crippen LogP contribution in [0.5, 0.6) is 0 Å². The summed E-state index contributed by atoms with van der Waals surface area (Å²) < 4.78 is 14.0. The van der Waals surface area contributed by atoms with Crippen LogP contribution >= 0.6 is 0 Å². The molecule has 0 aliphatic heterocycles. The lowest BCUT2D eigenvalue weighted by Gasteiger charge is -2.11. The number of nitrogens with one attached hydrogen (secondary N) is 1. The Morgan fingerprint density at radius 1 is 1.28 bits per heavy atom. The lowest BCUT2D eigenvalue weighted by Crippen LogP contribution is -2.06. The largest absolute Gasteiger partial charge is 0.337 e. The van der Waals surface area contributed by atoms with Crippen LogP contribution in [-0.2, 0) is 13.0 Å². The summed E-state index contributed by atoms with van der Waals surface area (Å²) in [5.41, 5.74) is 7.71. The Balaban J connectivity index is 2.34. The molecule has 0 aliphatic rings. The highest BCUT2D eigenvalue weighted by atomic mass is 19.1. The van der Waals surface area contributed by atoms with Crippen molar-refractivity contribution in [3.05, 3.63) is 47.7 Å². The fraction of sp³-hybridized carbons (Fsp3) is 0.231. The van der Waals surface area contributed by atoms with Crippen molar-refractivity contribution in [2.75, 3.05) is 5.32 Å². The topological polar surface area (TPSA) is 63.8 Å². The van der Waals surface area contributed by atoms with E-state index < -0.39 is 5.82 Å². The van der Waals surface area contributed by atoms with E-state index in [1.807, 2.05) is 31.2 Å². The van der Waals surface area contributed by atoms with E-state index in [1.165, 1.54) is 6.33 Å². The summed E-state index contributed by atoms with van der Waals surface area (Å²) in [6.07, 6.45) is 1.89. The molecule has 18 heavy (non-hydrogen) atoms. The van der Waals surface area contributed by atoms with Crippen LogP contribution in [-0.4, -0.2) is 9.97 Å². The van der Waals surface area contributed by atoms with E-state index in [2.05, 4.69) is 15.3 Å². The lowest BCUT2D eigenvalue weighted by atomic mass is 10.2. The van der Waals surface area contributed by atoms with E-state index in [-0.39, 0.29) is 5.82 Å². The number of hydrogen-bond acceptors (Lipinski definition) is 4. The quantitative estimate of drug-likeness (QED) is 0.869. The van der Waals surface area contributed by atoms with Crippen molar-refractivity contribution in [3.63, 3.8) is 0 Å². The predicted molar refractivity (Wildman–Crippen MR) is 69.0 cm³/mol. The maximum absolute atomic E-state index is 14.0. The van der Waals surface area contributed by atoms with Crippen molar-refractivity contribution < 1.29 is 4.39 Å². The summed E-state index contributed by atoms with van der Waals surface area (Å²) in [6.45, 7) is 2.24. The van der Waals surface area contributed by atoms with Gasteiger partial charge >= 0.3 is 0 Å². The minimum atomic E-state index is -0.410. The van der Waals surface area contributed by atoms with Crippen molar-refractivity contribution in [2.24, 2.45) is 5.73 Å². The Hall–Kier alpha value is -2.01. The molecule has 0 spiro atoms. The van der Waals surface area contributed by atoms with E-state index in [4.69, 9.17) is 5.73 Å². The highest BCUT2D eigenvalue weighted by Crippen LogP contribution is 2.22. The van der Waals surface area contributed by atoms with Gasteiger partial charge in [-0.25, -0.2) is 14.4 Å². The van der Waals surface area contributed by atoms with Gasteiger partial charge in [-0.05, 0) is 18.1 Å². The second kappa shape index (κ2) is 5.55. The third-order valence-electron chi connectivity index (χ3n) is 2.69. The summed E-state index contributed by atoms with van der Waals surface area (Å²) in [4.78, 5) is 7.81. The number of aryl methyl sites for hydroxylation is 1. The third kappa shape index (κ3) is 2.46. The van der Waals surface area contributed by atoms with E-state index in [0.717, 1.165) is 11.3 Å². The van der Waals surface area contributed by atoms with Crippen molar-refractivity contribution in [2.45, 2.75) is 19.9 Å². The molecule has 0 radical (unpaired) electrons. The number of aromatic nitrogens is 2. The van der Waals surface area contributed by atoms with Gasteiger partial charge in [0.05, 0.1) is 5.69 Å². The van der Waals surface area contributed by atoms with Crippen LogP contribution in [0.15, 0.2) is 30.6 Å². The van der Waals surface area contributed by atoms with E-state index in [9.17, 15) is 4.39 Å². The minimum Gasteiger partial charge on any atom is -0.337 e. The average Bonchev–Trinajstić information content (AvgIpc) is 2.42. The molecule has 1 aromatic heterocycles. The van der Waals surface area contributed by atoms with Crippen LogP contribution < -0.4 is 11.1 Å². The van der Waals surface area contributed by atoms with Crippen LogP contribution in [0.1, 0.15) is 18.2 Å². The first-order chi connectivity index (χ1) is 8.76. The molecule has 4 nitrogen and oxygen atoms in total. The van der Waals surface area contributed by atoms with Gasteiger partial charge in [0.2, 0.25) is 0 Å². The van der Waals surface area contributed by atoms with Gasteiger partial charge < -0.3 is 11.1 Å². The number of nitrogens with two attached hydrogens (primary N) is 1. The molecule has 1 heterocycles. The van der Waals surface area contributed by atoms with Crippen molar-refractivity contribution in [1.82, 2.24) is 9.97 Å². The monoisotopic (exact) mass is 246 g/mol. The maximum atomic E-state index is 14.0. The van der Waals surface area contributed by atoms with E-state index in [1.54, 1.807) is 0 Å². The van der Waals surface area contributed by atoms with Crippen LogP contribution in [0, 0.1) is 5.82 Å². The Labute approximate surface area is 105 Å². The normalized spacial score (nSPS) is 10.4. The van der Waals surface area contributed by atoms with E-state index in [0.29, 0.717) is 18.7 Å². The first kappa shape index (κ1) is 12.4. The number of anilines is 2. The highest BCUT2D eigenvalue weighted by Gasteiger charge is 2.10. The highest BCUT2D eigenvalue weighted by molar-refractivity contribution is 5.61.